The van der Waals surface area contributed by atoms with Crippen molar-refractivity contribution in [2.75, 3.05) is 0 Å². The molecule has 1 saturated carbocycles. The maximum Gasteiger partial charge on any atom is 0.0688 e. The summed E-state index contributed by atoms with van der Waals surface area (Å²) >= 11 is 0. The topological polar surface area (TPSA) is 48.9 Å². The van der Waals surface area contributed by atoms with Crippen LogP contribution in [0, 0.1) is 0 Å². The Morgan fingerprint density at radius 1 is 1.29 bits per heavy atom. The molecule has 0 radical (unpaired) electrons. The molecule has 1 atom stereocenters. The second-order valence-corrected chi connectivity index (χ2v) is 4.86. The van der Waals surface area contributed by atoms with Gasteiger partial charge < -0.3 is 5.11 Å². The van der Waals surface area contributed by atoms with Gasteiger partial charge in [-0.05, 0) is 25.3 Å². The van der Waals surface area contributed by atoms with Crippen LogP contribution in [0.25, 0.3) is 11.3 Å². The fourth-order valence-electron chi connectivity index (χ4n) is 2.54. The largest absolute Gasteiger partial charge is 0.392 e. The summed E-state index contributed by atoms with van der Waals surface area (Å²) in [7, 11) is 0. The Hall–Kier alpha value is -1.61. The third-order valence-corrected chi connectivity index (χ3v) is 3.83. The van der Waals surface area contributed by atoms with Crippen LogP contribution in [0.15, 0.2) is 36.5 Å². The standard InChI is InChI=1S/C14H16N2O/c1-10(17)14(7-8-14)12-9-15-16-13(12)11-5-3-2-4-6-11/h2-6,9-10,17H,7-8H2,1H3,(H,15,16). The fourth-order valence-corrected chi connectivity index (χ4v) is 2.54. The molecule has 0 amide bonds. The predicted molar refractivity (Wildman–Crippen MR) is 66.6 cm³/mol. The molecule has 2 aromatic rings. The highest BCUT2D eigenvalue weighted by molar-refractivity contribution is 5.65. The zero-order chi connectivity index (χ0) is 11.9. The Morgan fingerprint density at radius 2 is 2.00 bits per heavy atom. The molecule has 0 bridgehead atoms. The lowest BCUT2D eigenvalue weighted by molar-refractivity contribution is 0.151. The average molecular weight is 228 g/mol. The van der Waals surface area contributed by atoms with E-state index in [0.29, 0.717) is 0 Å². The maximum atomic E-state index is 9.94. The first kappa shape index (κ1) is 10.5. The highest BCUT2D eigenvalue weighted by Crippen LogP contribution is 2.53. The van der Waals surface area contributed by atoms with Crippen molar-refractivity contribution >= 4 is 0 Å². The Bertz CT molecular complexity index is 512. The van der Waals surface area contributed by atoms with Gasteiger partial charge in [0.1, 0.15) is 0 Å². The lowest BCUT2D eigenvalue weighted by Crippen LogP contribution is -2.22. The monoisotopic (exact) mass is 228 g/mol. The molecule has 88 valence electrons. The van der Waals surface area contributed by atoms with Crippen molar-refractivity contribution in [3.05, 3.63) is 42.1 Å². The van der Waals surface area contributed by atoms with Gasteiger partial charge in [0, 0.05) is 11.0 Å². The first-order valence-corrected chi connectivity index (χ1v) is 6.01. The number of nitrogens with one attached hydrogen (secondary N) is 1. The second kappa shape index (κ2) is 3.70. The number of rotatable bonds is 3. The van der Waals surface area contributed by atoms with Gasteiger partial charge in [-0.25, -0.2) is 0 Å². The molecule has 0 spiro atoms. The van der Waals surface area contributed by atoms with Crippen molar-refractivity contribution in [3.63, 3.8) is 0 Å². The van der Waals surface area contributed by atoms with Gasteiger partial charge in [-0.1, -0.05) is 30.3 Å². The van der Waals surface area contributed by atoms with Gasteiger partial charge in [-0.3, -0.25) is 5.10 Å². The molecule has 1 heterocycles. The van der Waals surface area contributed by atoms with E-state index in [0.717, 1.165) is 29.7 Å². The number of hydrogen-bond donors (Lipinski definition) is 2. The highest BCUT2D eigenvalue weighted by atomic mass is 16.3. The van der Waals surface area contributed by atoms with Crippen molar-refractivity contribution in [3.8, 4) is 11.3 Å². The van der Waals surface area contributed by atoms with Crippen LogP contribution in [0.5, 0.6) is 0 Å². The number of nitrogens with zero attached hydrogens (tertiary/aromatic N) is 1. The molecule has 1 aromatic heterocycles. The number of aliphatic hydroxyl groups is 1. The quantitative estimate of drug-likeness (QED) is 0.848. The summed E-state index contributed by atoms with van der Waals surface area (Å²) in [5, 5.41) is 17.2. The molecule has 17 heavy (non-hydrogen) atoms. The van der Waals surface area contributed by atoms with Gasteiger partial charge in [0.2, 0.25) is 0 Å². The number of aromatic amines is 1. The van der Waals surface area contributed by atoms with Crippen LogP contribution in [0.2, 0.25) is 0 Å². The van der Waals surface area contributed by atoms with E-state index in [9.17, 15) is 5.11 Å². The van der Waals surface area contributed by atoms with Gasteiger partial charge >= 0.3 is 0 Å². The fraction of sp³-hybridized carbons (Fsp3) is 0.357. The van der Waals surface area contributed by atoms with Crippen LogP contribution in [-0.2, 0) is 5.41 Å². The van der Waals surface area contributed by atoms with Crippen molar-refractivity contribution in [1.82, 2.24) is 10.2 Å². The summed E-state index contributed by atoms with van der Waals surface area (Å²) in [4.78, 5) is 0. The van der Waals surface area contributed by atoms with E-state index in [4.69, 9.17) is 0 Å². The van der Waals surface area contributed by atoms with E-state index in [-0.39, 0.29) is 11.5 Å². The Morgan fingerprint density at radius 3 is 2.59 bits per heavy atom. The molecule has 2 N–H and O–H groups in total. The second-order valence-electron chi connectivity index (χ2n) is 4.86. The van der Waals surface area contributed by atoms with Gasteiger partial charge in [0.05, 0.1) is 18.0 Å². The van der Waals surface area contributed by atoms with Gasteiger partial charge in [0.25, 0.3) is 0 Å². The minimum absolute atomic E-state index is 0.0713. The van der Waals surface area contributed by atoms with Gasteiger partial charge in [-0.15, -0.1) is 0 Å². The molecule has 0 saturated heterocycles. The summed E-state index contributed by atoms with van der Waals surface area (Å²) in [5.74, 6) is 0. The van der Waals surface area contributed by atoms with E-state index in [2.05, 4.69) is 22.3 Å². The molecule has 1 aliphatic rings. The molecular formula is C14H16N2O. The van der Waals surface area contributed by atoms with Crippen LogP contribution < -0.4 is 0 Å². The molecular weight excluding hydrogens is 212 g/mol. The third kappa shape index (κ3) is 1.58. The van der Waals surface area contributed by atoms with E-state index in [1.165, 1.54) is 0 Å². The Balaban J connectivity index is 2.07. The van der Waals surface area contributed by atoms with Crippen LogP contribution >= 0.6 is 0 Å². The van der Waals surface area contributed by atoms with E-state index in [1.54, 1.807) is 0 Å². The molecule has 3 rings (SSSR count). The summed E-state index contributed by atoms with van der Waals surface area (Å²) in [5.41, 5.74) is 3.26. The molecule has 3 heteroatoms. The Labute approximate surface area is 100 Å². The van der Waals surface area contributed by atoms with Crippen molar-refractivity contribution in [2.45, 2.75) is 31.3 Å². The molecule has 1 fully saturated rings. The van der Waals surface area contributed by atoms with E-state index < -0.39 is 0 Å². The summed E-state index contributed by atoms with van der Waals surface area (Å²) < 4.78 is 0. The van der Waals surface area contributed by atoms with Gasteiger partial charge in [0.15, 0.2) is 0 Å². The lowest BCUT2D eigenvalue weighted by atomic mass is 9.89. The molecule has 1 aromatic carbocycles. The smallest absolute Gasteiger partial charge is 0.0688 e. The SMILES string of the molecule is CC(O)C1(c2cn[nH]c2-c2ccccc2)CC1. The number of aliphatic hydroxyl groups excluding tert-OH is 1. The average Bonchev–Trinajstić information content (AvgIpc) is 3.02. The van der Waals surface area contributed by atoms with Crippen LogP contribution in [0.1, 0.15) is 25.3 Å². The molecule has 1 unspecified atom stereocenters. The maximum absolute atomic E-state index is 9.94. The lowest BCUT2D eigenvalue weighted by Gasteiger charge is -2.18. The van der Waals surface area contributed by atoms with Crippen molar-refractivity contribution in [1.29, 1.82) is 0 Å². The van der Waals surface area contributed by atoms with Crippen LogP contribution in [-0.4, -0.2) is 21.4 Å². The van der Waals surface area contributed by atoms with E-state index in [1.807, 2.05) is 31.3 Å². The number of benzene rings is 1. The minimum Gasteiger partial charge on any atom is -0.392 e. The molecule has 0 aliphatic heterocycles. The van der Waals surface area contributed by atoms with Crippen molar-refractivity contribution in [2.24, 2.45) is 0 Å². The normalized spacial score (nSPS) is 18.9. The minimum atomic E-state index is -0.317. The summed E-state index contributed by atoms with van der Waals surface area (Å²) in [6.45, 7) is 1.87. The van der Waals surface area contributed by atoms with Gasteiger partial charge in [-0.2, -0.15) is 5.10 Å². The van der Waals surface area contributed by atoms with Crippen molar-refractivity contribution < 1.29 is 5.11 Å². The first-order chi connectivity index (χ1) is 8.24. The zero-order valence-corrected chi connectivity index (χ0v) is 9.85. The number of aromatic nitrogens is 2. The summed E-state index contributed by atoms with van der Waals surface area (Å²) in [6.07, 6.45) is 3.64. The zero-order valence-electron chi connectivity index (χ0n) is 9.85. The van der Waals surface area contributed by atoms with Crippen LogP contribution in [0.3, 0.4) is 0 Å². The Kier molecular flexibility index (Phi) is 2.30. The van der Waals surface area contributed by atoms with Crippen LogP contribution in [0.4, 0.5) is 0 Å². The predicted octanol–water partition coefficient (Wildman–Crippen LogP) is 2.49. The third-order valence-electron chi connectivity index (χ3n) is 3.83. The number of hydrogen-bond acceptors (Lipinski definition) is 2. The van der Waals surface area contributed by atoms with E-state index >= 15 is 0 Å². The highest BCUT2D eigenvalue weighted by Gasteiger charge is 2.50. The first-order valence-electron chi connectivity index (χ1n) is 6.01. The molecule has 3 nitrogen and oxygen atoms in total. The molecule has 1 aliphatic carbocycles. The number of H-pyrrole nitrogens is 1. The summed E-state index contributed by atoms with van der Waals surface area (Å²) in [6, 6.07) is 10.2.